The standard InChI is InChI=1S/C21H25NO7/c1-4-6-13-11-16(29-19(13)26)14-7-5-8-15(18(25)22-10-9-17(23)24)21(14,12(2)3)20(27)28/h5-7,9-10,14-16H,2,4,8,11H2,1,3H3,(H,22,25)(H,23,24)(H,27,28)/b10-9+,13-6+/t14-,15+,16+,21+/m1/s1. The van der Waals surface area contributed by atoms with Gasteiger partial charge in [0.2, 0.25) is 5.91 Å². The summed E-state index contributed by atoms with van der Waals surface area (Å²) in [5.74, 6) is -5.46. The lowest BCUT2D eigenvalue weighted by atomic mass is 9.57. The molecule has 8 nitrogen and oxygen atoms in total. The van der Waals surface area contributed by atoms with Gasteiger partial charge in [-0.15, -0.1) is 0 Å². The number of carboxylic acids is 2. The van der Waals surface area contributed by atoms with Crippen molar-refractivity contribution < 1.29 is 34.1 Å². The maximum atomic E-state index is 12.8. The van der Waals surface area contributed by atoms with Crippen molar-refractivity contribution in [1.29, 1.82) is 0 Å². The first kappa shape index (κ1) is 22.1. The fraction of sp³-hybridized carbons (Fsp3) is 0.429. The smallest absolute Gasteiger partial charge is 0.334 e. The van der Waals surface area contributed by atoms with Crippen LogP contribution in [0.25, 0.3) is 0 Å². The van der Waals surface area contributed by atoms with Gasteiger partial charge in [0.1, 0.15) is 11.5 Å². The van der Waals surface area contributed by atoms with E-state index < -0.39 is 47.2 Å². The number of cyclic esters (lactones) is 1. The van der Waals surface area contributed by atoms with Crippen molar-refractivity contribution in [3.05, 3.63) is 48.2 Å². The Balaban J connectivity index is 2.46. The number of carboxylic acid groups (broad SMARTS) is 2. The summed E-state index contributed by atoms with van der Waals surface area (Å²) < 4.78 is 5.48. The highest BCUT2D eigenvalue weighted by Gasteiger charge is 2.59. The van der Waals surface area contributed by atoms with E-state index in [-0.39, 0.29) is 18.4 Å². The average Bonchev–Trinajstić information content (AvgIpc) is 3.00. The van der Waals surface area contributed by atoms with E-state index in [1.54, 1.807) is 18.2 Å². The third kappa shape index (κ3) is 4.16. The minimum Gasteiger partial charge on any atom is -0.481 e. The van der Waals surface area contributed by atoms with Gasteiger partial charge < -0.3 is 20.3 Å². The van der Waals surface area contributed by atoms with Gasteiger partial charge in [-0.1, -0.05) is 37.3 Å². The topological polar surface area (TPSA) is 130 Å². The molecule has 3 N–H and O–H groups in total. The molecule has 1 aliphatic heterocycles. The molecular weight excluding hydrogens is 378 g/mol. The van der Waals surface area contributed by atoms with Crippen LogP contribution in [0.1, 0.15) is 33.1 Å². The molecule has 2 aliphatic rings. The zero-order valence-corrected chi connectivity index (χ0v) is 16.4. The molecule has 0 radical (unpaired) electrons. The van der Waals surface area contributed by atoms with Crippen LogP contribution in [0.2, 0.25) is 0 Å². The number of esters is 1. The molecule has 1 saturated heterocycles. The first-order valence-corrected chi connectivity index (χ1v) is 9.32. The molecular formula is C21H25NO7. The van der Waals surface area contributed by atoms with Crippen molar-refractivity contribution in [3.63, 3.8) is 0 Å². The van der Waals surface area contributed by atoms with E-state index in [4.69, 9.17) is 9.84 Å². The van der Waals surface area contributed by atoms with Gasteiger partial charge in [0.25, 0.3) is 0 Å². The molecule has 1 fully saturated rings. The van der Waals surface area contributed by atoms with Gasteiger partial charge in [-0.2, -0.15) is 0 Å². The van der Waals surface area contributed by atoms with Crippen LogP contribution >= 0.6 is 0 Å². The van der Waals surface area contributed by atoms with Crippen LogP contribution in [-0.2, 0) is 23.9 Å². The van der Waals surface area contributed by atoms with Gasteiger partial charge in [0.15, 0.2) is 0 Å². The molecule has 0 aromatic heterocycles. The molecule has 4 atom stereocenters. The van der Waals surface area contributed by atoms with Crippen molar-refractivity contribution in [3.8, 4) is 0 Å². The van der Waals surface area contributed by atoms with E-state index in [9.17, 15) is 24.3 Å². The lowest BCUT2D eigenvalue weighted by molar-refractivity contribution is -0.162. The SMILES string of the molecule is C=C(C)[C@]1(C(=O)O)[C@@H]([C@@H]2C/C(=C\CC)C(=O)O2)C=CC[C@H]1C(=O)N/C=C/C(=O)O. The average molecular weight is 403 g/mol. The van der Waals surface area contributed by atoms with Crippen LogP contribution in [0.4, 0.5) is 0 Å². The minimum absolute atomic E-state index is 0.126. The zero-order valence-electron chi connectivity index (χ0n) is 16.4. The molecule has 29 heavy (non-hydrogen) atoms. The Morgan fingerprint density at radius 3 is 2.62 bits per heavy atom. The Labute approximate surface area is 168 Å². The fourth-order valence-electron chi connectivity index (χ4n) is 4.18. The van der Waals surface area contributed by atoms with E-state index in [2.05, 4.69) is 11.9 Å². The van der Waals surface area contributed by atoms with Crippen molar-refractivity contribution in [2.45, 2.75) is 39.2 Å². The molecule has 0 saturated carbocycles. The van der Waals surface area contributed by atoms with Crippen LogP contribution in [-0.4, -0.2) is 40.1 Å². The highest BCUT2D eigenvalue weighted by atomic mass is 16.6. The Kier molecular flexibility index (Phi) is 6.79. The van der Waals surface area contributed by atoms with E-state index in [1.807, 2.05) is 6.92 Å². The van der Waals surface area contributed by atoms with E-state index in [0.717, 1.165) is 12.3 Å². The quantitative estimate of drug-likeness (QED) is 0.337. The number of aliphatic carboxylic acids is 2. The van der Waals surface area contributed by atoms with Crippen molar-refractivity contribution in [2.75, 3.05) is 0 Å². The second-order valence-corrected chi connectivity index (χ2v) is 7.16. The first-order chi connectivity index (χ1) is 13.7. The summed E-state index contributed by atoms with van der Waals surface area (Å²) in [6.07, 6.45) is 7.09. The summed E-state index contributed by atoms with van der Waals surface area (Å²) in [5.41, 5.74) is -0.962. The van der Waals surface area contributed by atoms with E-state index in [1.165, 1.54) is 6.92 Å². The lowest BCUT2D eigenvalue weighted by Crippen LogP contribution is -2.54. The number of hydrogen-bond donors (Lipinski definition) is 3. The van der Waals surface area contributed by atoms with Crippen molar-refractivity contribution in [2.24, 2.45) is 17.3 Å². The number of ether oxygens (including phenoxy) is 1. The number of carbonyl (C=O) groups is 4. The predicted molar refractivity (Wildman–Crippen MR) is 103 cm³/mol. The van der Waals surface area contributed by atoms with Gasteiger partial charge in [-0.25, -0.2) is 9.59 Å². The molecule has 1 heterocycles. The summed E-state index contributed by atoms with van der Waals surface area (Å²) in [4.78, 5) is 48.1. The van der Waals surface area contributed by atoms with Gasteiger partial charge in [0.05, 0.1) is 5.92 Å². The molecule has 156 valence electrons. The maximum absolute atomic E-state index is 12.8. The number of amides is 1. The Morgan fingerprint density at radius 2 is 2.07 bits per heavy atom. The molecule has 0 aromatic carbocycles. The van der Waals surface area contributed by atoms with Crippen molar-refractivity contribution in [1.82, 2.24) is 5.32 Å². The Morgan fingerprint density at radius 1 is 1.38 bits per heavy atom. The minimum atomic E-state index is -1.71. The van der Waals surface area contributed by atoms with Gasteiger partial charge in [0, 0.05) is 30.2 Å². The van der Waals surface area contributed by atoms with Gasteiger partial charge >= 0.3 is 17.9 Å². The van der Waals surface area contributed by atoms with Crippen LogP contribution in [0, 0.1) is 17.3 Å². The van der Waals surface area contributed by atoms with Crippen molar-refractivity contribution >= 4 is 23.8 Å². The second-order valence-electron chi connectivity index (χ2n) is 7.16. The normalized spacial score (nSPS) is 30.3. The van der Waals surface area contributed by atoms with Crippen LogP contribution in [0.5, 0.6) is 0 Å². The van der Waals surface area contributed by atoms with E-state index >= 15 is 0 Å². The number of hydrogen-bond acceptors (Lipinski definition) is 5. The summed E-state index contributed by atoms with van der Waals surface area (Å²) in [7, 11) is 0. The first-order valence-electron chi connectivity index (χ1n) is 9.32. The van der Waals surface area contributed by atoms with Crippen LogP contribution < -0.4 is 5.32 Å². The third-order valence-electron chi connectivity index (χ3n) is 5.41. The monoisotopic (exact) mass is 403 g/mol. The molecule has 0 bridgehead atoms. The summed E-state index contributed by atoms with van der Waals surface area (Å²) in [6, 6.07) is 0. The van der Waals surface area contributed by atoms with Gasteiger partial charge in [-0.3, -0.25) is 9.59 Å². The number of rotatable bonds is 7. The fourth-order valence-corrected chi connectivity index (χ4v) is 4.18. The lowest BCUT2D eigenvalue weighted by Gasteiger charge is -2.45. The molecule has 2 rings (SSSR count). The highest BCUT2D eigenvalue weighted by molar-refractivity contribution is 5.93. The molecule has 8 heteroatoms. The van der Waals surface area contributed by atoms with Crippen LogP contribution in [0.15, 0.2) is 48.2 Å². The molecule has 0 unspecified atom stereocenters. The Hall–Kier alpha value is -3.16. The molecule has 0 aromatic rings. The number of allylic oxidation sites excluding steroid dienone is 2. The molecule has 0 spiro atoms. The van der Waals surface area contributed by atoms with Gasteiger partial charge in [-0.05, 0) is 19.8 Å². The maximum Gasteiger partial charge on any atom is 0.334 e. The number of nitrogens with one attached hydrogen (secondary N) is 1. The second kappa shape index (κ2) is 8.89. The zero-order chi connectivity index (χ0) is 21.8. The Bertz CT molecular complexity index is 807. The summed E-state index contributed by atoms with van der Waals surface area (Å²) in [6.45, 7) is 7.27. The largest absolute Gasteiger partial charge is 0.481 e. The summed E-state index contributed by atoms with van der Waals surface area (Å²) in [5, 5.41) is 21.2. The summed E-state index contributed by atoms with van der Waals surface area (Å²) >= 11 is 0. The highest BCUT2D eigenvalue weighted by Crippen LogP contribution is 2.51. The predicted octanol–water partition coefficient (Wildman–Crippen LogP) is 2.19. The molecule has 1 amide bonds. The van der Waals surface area contributed by atoms with E-state index in [0.29, 0.717) is 12.0 Å². The van der Waals surface area contributed by atoms with Crippen LogP contribution in [0.3, 0.4) is 0 Å². The third-order valence-corrected chi connectivity index (χ3v) is 5.41. The number of carbonyl (C=O) groups excluding carboxylic acids is 2. The molecule has 1 aliphatic carbocycles.